The Morgan fingerprint density at radius 1 is 1.25 bits per heavy atom. The van der Waals surface area contributed by atoms with E-state index >= 15 is 0 Å². The third-order valence-corrected chi connectivity index (χ3v) is 5.83. The third kappa shape index (κ3) is 3.72. The molecule has 0 radical (unpaired) electrons. The zero-order chi connectivity index (χ0) is 23.2. The van der Waals surface area contributed by atoms with Crippen molar-refractivity contribution in [1.82, 2.24) is 9.58 Å². The maximum Gasteiger partial charge on any atom is 0.441 e. The summed E-state index contributed by atoms with van der Waals surface area (Å²) in [6, 6.07) is 9.34. The number of benzene rings is 1. The van der Waals surface area contributed by atoms with Gasteiger partial charge in [-0.15, -0.1) is 0 Å². The molecule has 0 aliphatic carbocycles. The number of hydrazone groups is 1. The molecule has 1 N–H and O–H groups in total. The molecular formula is C21H18F3N5O2S. The van der Waals surface area contributed by atoms with Crippen LogP contribution in [0.4, 0.5) is 13.2 Å². The number of halogens is 3. The van der Waals surface area contributed by atoms with Crippen LogP contribution in [0.1, 0.15) is 23.9 Å². The van der Waals surface area contributed by atoms with Gasteiger partial charge in [-0.2, -0.15) is 28.3 Å². The van der Waals surface area contributed by atoms with Crippen LogP contribution >= 0.6 is 11.8 Å². The first-order chi connectivity index (χ1) is 15.1. The van der Waals surface area contributed by atoms with Gasteiger partial charge in [0.1, 0.15) is 5.75 Å². The van der Waals surface area contributed by atoms with Crippen molar-refractivity contribution in [3.05, 3.63) is 52.9 Å². The van der Waals surface area contributed by atoms with E-state index in [0.717, 1.165) is 22.1 Å². The van der Waals surface area contributed by atoms with E-state index in [4.69, 9.17) is 10.1 Å². The van der Waals surface area contributed by atoms with Gasteiger partial charge < -0.3 is 9.30 Å². The lowest BCUT2D eigenvalue weighted by Gasteiger charge is -2.20. The summed E-state index contributed by atoms with van der Waals surface area (Å²) in [5, 5.41) is 11.0. The first-order valence-electron chi connectivity index (χ1n) is 9.60. The Bertz CT molecular complexity index is 1230. The number of amides is 1. The molecule has 11 heteroatoms. The minimum absolute atomic E-state index is 0.139. The van der Waals surface area contributed by atoms with Gasteiger partial charge in [0.25, 0.3) is 5.91 Å². The summed E-state index contributed by atoms with van der Waals surface area (Å²) in [7, 11) is 0. The van der Waals surface area contributed by atoms with Crippen LogP contribution < -0.4 is 4.74 Å². The Morgan fingerprint density at radius 2 is 1.97 bits per heavy atom. The number of amidine groups is 2. The maximum atomic E-state index is 13.0. The average Bonchev–Trinajstić information content (AvgIpc) is 3.27. The van der Waals surface area contributed by atoms with Crippen molar-refractivity contribution in [2.45, 2.75) is 26.9 Å². The zero-order valence-corrected chi connectivity index (χ0v) is 18.1. The van der Waals surface area contributed by atoms with Gasteiger partial charge in [-0.05, 0) is 62.4 Å². The number of nitrogens with zero attached hydrogens (tertiary/aromatic N) is 4. The predicted molar refractivity (Wildman–Crippen MR) is 117 cm³/mol. The lowest BCUT2D eigenvalue weighted by atomic mass is 10.1. The second-order valence-electron chi connectivity index (χ2n) is 6.99. The highest BCUT2D eigenvalue weighted by Crippen LogP contribution is 2.36. The minimum atomic E-state index is -4.68. The number of hydrogen-bond acceptors (Lipinski definition) is 5. The number of aryl methyl sites for hydroxylation is 1. The van der Waals surface area contributed by atoms with Crippen molar-refractivity contribution in [3.8, 4) is 11.4 Å². The second-order valence-corrected chi connectivity index (χ2v) is 7.94. The molecule has 1 aromatic heterocycles. The number of aliphatic imine (C=N–C) groups is 1. The van der Waals surface area contributed by atoms with Crippen molar-refractivity contribution >= 4 is 39.8 Å². The maximum absolute atomic E-state index is 13.0. The number of alkyl halides is 3. The molecule has 0 saturated carbocycles. The topological polar surface area (TPSA) is 83.0 Å². The molecule has 3 heterocycles. The number of thioether (sulfide) groups is 1. The van der Waals surface area contributed by atoms with Gasteiger partial charge in [0.2, 0.25) is 10.2 Å². The van der Waals surface area contributed by atoms with E-state index in [0.29, 0.717) is 17.9 Å². The number of nitrogens with one attached hydrogen (secondary N) is 1. The first-order valence-corrected chi connectivity index (χ1v) is 10.4. The van der Waals surface area contributed by atoms with Crippen molar-refractivity contribution in [2.24, 2.45) is 10.1 Å². The number of carbonyl (C=O) groups is 1. The lowest BCUT2D eigenvalue weighted by molar-refractivity contribution is -0.114. The molecule has 0 atom stereocenters. The molecule has 0 saturated heterocycles. The van der Waals surface area contributed by atoms with Gasteiger partial charge in [0.05, 0.1) is 17.9 Å². The number of carbonyl (C=O) groups excluding carboxylic acids is 1. The van der Waals surface area contributed by atoms with E-state index in [-0.39, 0.29) is 22.5 Å². The molecule has 166 valence electrons. The Kier molecular flexibility index (Phi) is 5.45. The van der Waals surface area contributed by atoms with Gasteiger partial charge in [0, 0.05) is 11.4 Å². The Labute approximate surface area is 185 Å². The van der Waals surface area contributed by atoms with Crippen molar-refractivity contribution in [1.29, 1.82) is 5.41 Å². The Morgan fingerprint density at radius 3 is 2.66 bits per heavy atom. The molecule has 7 nitrogen and oxygen atoms in total. The molecule has 0 bridgehead atoms. The van der Waals surface area contributed by atoms with Gasteiger partial charge in [-0.25, -0.2) is 0 Å². The largest absolute Gasteiger partial charge is 0.492 e. The Balaban J connectivity index is 1.75. The average molecular weight is 461 g/mol. The standard InChI is InChI=1S/C21H18F3N5O2S/c1-4-31-16-8-6-5-7-15(16)28-11(2)9-13(12(28)3)10-14-17(25)29-20(26-18(14)30)32-19(27-29)21(22,23)24/h5-10,25H,4H2,1-3H3/b14-10-,25-17?. The monoisotopic (exact) mass is 461 g/mol. The van der Waals surface area contributed by atoms with Crippen LogP contribution in [0.15, 0.2) is 46.0 Å². The predicted octanol–water partition coefficient (Wildman–Crippen LogP) is 4.67. The minimum Gasteiger partial charge on any atom is -0.492 e. The number of hydrogen-bond donors (Lipinski definition) is 1. The van der Waals surface area contributed by atoms with Gasteiger partial charge in [-0.1, -0.05) is 12.1 Å². The van der Waals surface area contributed by atoms with Crippen LogP contribution in [0.25, 0.3) is 11.8 Å². The highest BCUT2D eigenvalue weighted by Gasteiger charge is 2.46. The van der Waals surface area contributed by atoms with Gasteiger partial charge >= 0.3 is 6.18 Å². The van der Waals surface area contributed by atoms with E-state index < -0.39 is 23.0 Å². The summed E-state index contributed by atoms with van der Waals surface area (Å²) in [5.74, 6) is -0.548. The molecule has 2 aromatic rings. The number of rotatable bonds is 4. The number of fused-ring (bicyclic) bond motifs is 1. The summed E-state index contributed by atoms with van der Waals surface area (Å²) >= 11 is 0.225. The quantitative estimate of drug-likeness (QED) is 0.671. The van der Waals surface area contributed by atoms with Crippen LogP contribution in [-0.4, -0.2) is 44.3 Å². The van der Waals surface area contributed by atoms with Crippen LogP contribution in [-0.2, 0) is 4.79 Å². The third-order valence-electron chi connectivity index (χ3n) is 4.87. The van der Waals surface area contributed by atoms with Crippen molar-refractivity contribution < 1.29 is 22.7 Å². The number of para-hydroxylation sites is 2. The van der Waals surface area contributed by atoms with Crippen molar-refractivity contribution in [3.63, 3.8) is 0 Å². The molecule has 1 amide bonds. The van der Waals surface area contributed by atoms with E-state index in [9.17, 15) is 18.0 Å². The molecule has 2 aliphatic heterocycles. The summed E-state index contributed by atoms with van der Waals surface area (Å²) in [5.41, 5.74) is 2.93. The molecular weight excluding hydrogens is 443 g/mol. The van der Waals surface area contributed by atoms with Crippen molar-refractivity contribution in [2.75, 3.05) is 6.61 Å². The SMILES string of the molecule is CCOc1ccccc1-n1c(C)cc(/C=C2/C(=N)N3N=C(C(F)(F)F)SC3=NC2=O)c1C. The van der Waals surface area contributed by atoms with Crippen LogP contribution in [0.2, 0.25) is 0 Å². The molecule has 4 rings (SSSR count). The fourth-order valence-corrected chi connectivity index (χ4v) is 4.24. The van der Waals surface area contributed by atoms with E-state index in [1.165, 1.54) is 6.08 Å². The van der Waals surface area contributed by atoms with Crippen LogP contribution in [0.3, 0.4) is 0 Å². The molecule has 32 heavy (non-hydrogen) atoms. The normalized spacial score (nSPS) is 17.6. The smallest absolute Gasteiger partial charge is 0.441 e. The summed E-state index contributed by atoms with van der Waals surface area (Å²) in [4.78, 5) is 16.2. The van der Waals surface area contributed by atoms with E-state index in [1.807, 2.05) is 55.7 Å². The van der Waals surface area contributed by atoms with Gasteiger partial charge in [0.15, 0.2) is 5.84 Å². The molecule has 0 spiro atoms. The fourth-order valence-electron chi connectivity index (χ4n) is 3.49. The van der Waals surface area contributed by atoms with Crippen LogP contribution in [0.5, 0.6) is 5.75 Å². The lowest BCUT2D eigenvalue weighted by Crippen LogP contribution is -2.35. The summed E-state index contributed by atoms with van der Waals surface area (Å²) in [6.45, 7) is 6.12. The summed E-state index contributed by atoms with van der Waals surface area (Å²) in [6.07, 6.45) is -3.23. The first kappa shape index (κ1) is 21.9. The highest BCUT2D eigenvalue weighted by molar-refractivity contribution is 8.27. The molecule has 0 fully saturated rings. The van der Waals surface area contributed by atoms with E-state index in [1.54, 1.807) is 0 Å². The Hall–Kier alpha value is -3.34. The summed E-state index contributed by atoms with van der Waals surface area (Å²) < 4.78 is 46.7. The second kappa shape index (κ2) is 7.97. The molecule has 0 unspecified atom stereocenters. The highest BCUT2D eigenvalue weighted by atomic mass is 32.2. The van der Waals surface area contributed by atoms with Gasteiger partial charge in [-0.3, -0.25) is 10.2 Å². The molecule has 1 aromatic carbocycles. The van der Waals surface area contributed by atoms with Crippen LogP contribution in [0, 0.1) is 19.3 Å². The number of aromatic nitrogens is 1. The zero-order valence-electron chi connectivity index (χ0n) is 17.3. The molecule has 2 aliphatic rings. The fraction of sp³-hybridized carbons (Fsp3) is 0.238. The van der Waals surface area contributed by atoms with E-state index in [2.05, 4.69) is 10.1 Å². The number of ether oxygens (including phenoxy) is 1.